The number of H-pyrrole nitrogens is 1. The van der Waals surface area contributed by atoms with Crippen LogP contribution in [0.5, 0.6) is 0 Å². The highest BCUT2D eigenvalue weighted by atomic mass is 32.1. The summed E-state index contributed by atoms with van der Waals surface area (Å²) in [4.78, 5) is 26.3. The van der Waals surface area contributed by atoms with Gasteiger partial charge in [0.25, 0.3) is 5.91 Å². The maximum Gasteiger partial charge on any atom is 0.253 e. The molecule has 2 aromatic rings. The lowest BCUT2D eigenvalue weighted by atomic mass is 10.2. The number of rotatable bonds is 3. The molecule has 2 rings (SSSR count). The third-order valence-electron chi connectivity index (χ3n) is 2.53. The highest BCUT2D eigenvalue weighted by Gasteiger charge is 2.07. The highest BCUT2D eigenvalue weighted by Crippen LogP contribution is 2.15. The van der Waals surface area contributed by atoms with Crippen LogP contribution in [0.4, 0.5) is 0 Å². The molecule has 0 aliphatic heterocycles. The van der Waals surface area contributed by atoms with Crippen molar-refractivity contribution < 1.29 is 4.79 Å². The summed E-state index contributed by atoms with van der Waals surface area (Å²) in [6, 6.07) is 4.70. The molecule has 5 nitrogen and oxygen atoms in total. The fraction of sp³-hybridized carbons (Fsp3) is 0.143. The molecule has 6 heteroatoms. The van der Waals surface area contributed by atoms with Gasteiger partial charge in [0.2, 0.25) is 5.56 Å². The molecule has 0 unspecified atom stereocenters. The third-order valence-corrected chi connectivity index (χ3v) is 3.45. The van der Waals surface area contributed by atoms with Gasteiger partial charge in [0.1, 0.15) is 0 Å². The summed E-state index contributed by atoms with van der Waals surface area (Å²) >= 11 is 1.52. The van der Waals surface area contributed by atoms with Crippen molar-refractivity contribution >= 4 is 17.2 Å². The maximum atomic E-state index is 11.9. The summed E-state index contributed by atoms with van der Waals surface area (Å²) in [6.07, 6.45) is 1.39. The van der Waals surface area contributed by atoms with Crippen LogP contribution in [0.25, 0.3) is 0 Å². The minimum absolute atomic E-state index is 0.237. The van der Waals surface area contributed by atoms with Crippen LogP contribution < -0.4 is 16.6 Å². The van der Waals surface area contributed by atoms with E-state index in [1.54, 1.807) is 0 Å². The van der Waals surface area contributed by atoms with Crippen molar-refractivity contribution in [2.45, 2.75) is 6.54 Å². The first-order chi connectivity index (χ1) is 9.70. The summed E-state index contributed by atoms with van der Waals surface area (Å²) < 4.78 is 0. The second-order valence-electron chi connectivity index (χ2n) is 3.89. The molecule has 1 amide bonds. The number of aromatic nitrogens is 1. The second kappa shape index (κ2) is 6.70. The van der Waals surface area contributed by atoms with Crippen molar-refractivity contribution in [3.05, 3.63) is 56.1 Å². The lowest BCUT2D eigenvalue weighted by Crippen LogP contribution is -2.23. The SMILES string of the molecule is NCC#Cc1ccsc1CNC(=O)c1ccc(=O)[nH]c1. The van der Waals surface area contributed by atoms with Gasteiger partial charge in [-0.15, -0.1) is 11.3 Å². The quantitative estimate of drug-likeness (QED) is 0.725. The van der Waals surface area contributed by atoms with E-state index in [4.69, 9.17) is 5.73 Å². The molecule has 2 aromatic heterocycles. The molecule has 102 valence electrons. The van der Waals surface area contributed by atoms with Crippen LogP contribution in [-0.4, -0.2) is 17.4 Å². The van der Waals surface area contributed by atoms with Gasteiger partial charge in [0.15, 0.2) is 0 Å². The van der Waals surface area contributed by atoms with Crippen LogP contribution in [0.1, 0.15) is 20.8 Å². The van der Waals surface area contributed by atoms with E-state index < -0.39 is 0 Å². The van der Waals surface area contributed by atoms with Gasteiger partial charge in [0, 0.05) is 22.7 Å². The average molecular weight is 287 g/mol. The van der Waals surface area contributed by atoms with E-state index in [1.165, 1.54) is 29.7 Å². The Hall–Kier alpha value is -2.36. The van der Waals surface area contributed by atoms with Crippen LogP contribution in [0, 0.1) is 11.8 Å². The van der Waals surface area contributed by atoms with E-state index in [-0.39, 0.29) is 11.5 Å². The van der Waals surface area contributed by atoms with E-state index in [9.17, 15) is 9.59 Å². The molecule has 0 saturated heterocycles. The minimum atomic E-state index is -0.243. The lowest BCUT2D eigenvalue weighted by Gasteiger charge is -2.03. The standard InChI is InChI=1S/C14H13N3O2S/c15-6-1-2-10-5-7-20-12(10)9-17-14(19)11-3-4-13(18)16-8-11/h3-5,7-8H,6,9,15H2,(H,16,18)(H,17,19). The summed E-state index contributed by atoms with van der Waals surface area (Å²) in [6.45, 7) is 0.698. The van der Waals surface area contributed by atoms with Crippen LogP contribution in [-0.2, 0) is 6.54 Å². The number of nitrogens with two attached hydrogens (primary N) is 1. The van der Waals surface area contributed by atoms with Crippen molar-refractivity contribution in [3.8, 4) is 11.8 Å². The normalized spacial score (nSPS) is 9.65. The molecule has 0 radical (unpaired) electrons. The Morgan fingerprint density at radius 3 is 2.95 bits per heavy atom. The van der Waals surface area contributed by atoms with Crippen LogP contribution in [0.15, 0.2) is 34.6 Å². The van der Waals surface area contributed by atoms with Crippen molar-refractivity contribution in [2.75, 3.05) is 6.54 Å². The van der Waals surface area contributed by atoms with Crippen LogP contribution >= 0.6 is 11.3 Å². The van der Waals surface area contributed by atoms with Gasteiger partial charge in [-0.3, -0.25) is 9.59 Å². The Morgan fingerprint density at radius 1 is 1.40 bits per heavy atom. The molecule has 0 saturated carbocycles. The molecule has 0 aliphatic rings. The monoisotopic (exact) mass is 287 g/mol. The number of pyridine rings is 1. The molecule has 0 aliphatic carbocycles. The number of carbonyl (C=O) groups is 1. The zero-order chi connectivity index (χ0) is 14.4. The fourth-order valence-corrected chi connectivity index (χ4v) is 2.32. The Balaban J connectivity index is 2.02. The fourth-order valence-electron chi connectivity index (χ4n) is 1.55. The van der Waals surface area contributed by atoms with E-state index in [0.29, 0.717) is 18.7 Å². The van der Waals surface area contributed by atoms with Gasteiger partial charge in [-0.2, -0.15) is 0 Å². The molecule has 0 fully saturated rings. The van der Waals surface area contributed by atoms with E-state index in [0.717, 1.165) is 10.4 Å². The van der Waals surface area contributed by atoms with Crippen molar-refractivity contribution in [1.82, 2.24) is 10.3 Å². The van der Waals surface area contributed by atoms with E-state index in [1.807, 2.05) is 11.4 Å². The first-order valence-electron chi connectivity index (χ1n) is 5.93. The van der Waals surface area contributed by atoms with Gasteiger partial charge < -0.3 is 16.0 Å². The number of nitrogens with one attached hydrogen (secondary N) is 2. The molecule has 0 aromatic carbocycles. The Labute approximate surface area is 119 Å². The first kappa shape index (κ1) is 14.1. The number of aromatic amines is 1. The van der Waals surface area contributed by atoms with Gasteiger partial charge in [-0.1, -0.05) is 11.8 Å². The smallest absolute Gasteiger partial charge is 0.253 e. The van der Waals surface area contributed by atoms with Crippen LogP contribution in [0.3, 0.4) is 0 Å². The topological polar surface area (TPSA) is 88.0 Å². The summed E-state index contributed by atoms with van der Waals surface area (Å²) in [7, 11) is 0. The summed E-state index contributed by atoms with van der Waals surface area (Å²) in [5.41, 5.74) is 6.39. The Bertz CT molecular complexity index is 701. The molecular weight excluding hydrogens is 274 g/mol. The van der Waals surface area contributed by atoms with Crippen molar-refractivity contribution in [2.24, 2.45) is 5.73 Å². The molecule has 0 bridgehead atoms. The zero-order valence-corrected chi connectivity index (χ0v) is 11.4. The Morgan fingerprint density at radius 2 is 2.25 bits per heavy atom. The molecule has 4 N–H and O–H groups in total. The Kier molecular flexibility index (Phi) is 4.71. The largest absolute Gasteiger partial charge is 0.347 e. The zero-order valence-electron chi connectivity index (χ0n) is 10.6. The first-order valence-corrected chi connectivity index (χ1v) is 6.81. The predicted molar refractivity (Wildman–Crippen MR) is 78.5 cm³/mol. The van der Waals surface area contributed by atoms with Gasteiger partial charge in [-0.05, 0) is 17.5 Å². The number of hydrogen-bond acceptors (Lipinski definition) is 4. The second-order valence-corrected chi connectivity index (χ2v) is 4.89. The van der Waals surface area contributed by atoms with Crippen molar-refractivity contribution in [1.29, 1.82) is 0 Å². The van der Waals surface area contributed by atoms with Gasteiger partial charge in [0.05, 0.1) is 18.7 Å². The van der Waals surface area contributed by atoms with E-state index >= 15 is 0 Å². The molecule has 2 heterocycles. The third kappa shape index (κ3) is 3.57. The van der Waals surface area contributed by atoms with Gasteiger partial charge >= 0.3 is 0 Å². The number of thiophene rings is 1. The minimum Gasteiger partial charge on any atom is -0.347 e. The average Bonchev–Trinajstić information content (AvgIpc) is 2.90. The van der Waals surface area contributed by atoms with Crippen LogP contribution in [0.2, 0.25) is 0 Å². The maximum absolute atomic E-state index is 11.9. The molecule has 0 spiro atoms. The molecule has 0 atom stereocenters. The van der Waals surface area contributed by atoms with Gasteiger partial charge in [-0.25, -0.2) is 0 Å². The van der Waals surface area contributed by atoms with E-state index in [2.05, 4.69) is 22.1 Å². The number of hydrogen-bond donors (Lipinski definition) is 3. The summed E-state index contributed by atoms with van der Waals surface area (Å²) in [5, 5.41) is 4.71. The molecule has 20 heavy (non-hydrogen) atoms. The number of amides is 1. The predicted octanol–water partition coefficient (Wildman–Crippen LogP) is 0.677. The highest BCUT2D eigenvalue weighted by molar-refractivity contribution is 7.10. The molecular formula is C14H13N3O2S. The number of carbonyl (C=O) groups excluding carboxylic acids is 1. The summed E-state index contributed by atoms with van der Waals surface area (Å²) in [5.74, 6) is 5.51. The lowest BCUT2D eigenvalue weighted by molar-refractivity contribution is 0.0951. The van der Waals surface area contributed by atoms with Crippen molar-refractivity contribution in [3.63, 3.8) is 0 Å².